The highest BCUT2D eigenvalue weighted by Crippen LogP contribution is 2.21. The Labute approximate surface area is 140 Å². The van der Waals surface area contributed by atoms with E-state index in [1.807, 2.05) is 12.1 Å². The number of rotatable bonds is 7. The van der Waals surface area contributed by atoms with Gasteiger partial charge in [0.15, 0.2) is 0 Å². The number of allylic oxidation sites excluding steroid dienone is 2. The number of nitrogens with one attached hydrogen (secondary N) is 1. The molecule has 1 atom stereocenters. The fraction of sp³-hybridized carbons (Fsp3) is 0.476. The van der Waals surface area contributed by atoms with Crippen molar-refractivity contribution in [2.75, 3.05) is 0 Å². The first kappa shape index (κ1) is 17.5. The van der Waals surface area contributed by atoms with Gasteiger partial charge in [-0.2, -0.15) is 0 Å². The molecule has 0 saturated heterocycles. The Kier molecular flexibility index (Phi) is 6.20. The largest absolute Gasteiger partial charge is 0.343 e. The van der Waals surface area contributed by atoms with Crippen molar-refractivity contribution in [1.29, 1.82) is 0 Å². The van der Waals surface area contributed by atoms with Gasteiger partial charge in [0, 0.05) is 5.56 Å². The van der Waals surface area contributed by atoms with E-state index >= 15 is 0 Å². The lowest BCUT2D eigenvalue weighted by Gasteiger charge is -2.29. The number of hydrogen-bond acceptors (Lipinski definition) is 1. The van der Waals surface area contributed by atoms with Crippen LogP contribution in [0.15, 0.2) is 48.1 Å². The maximum absolute atomic E-state index is 12.4. The van der Waals surface area contributed by atoms with E-state index < -0.39 is 0 Å². The fourth-order valence-electron chi connectivity index (χ4n) is 2.83. The molecular weight excluding hydrogens is 282 g/mol. The molecule has 1 N–H and O–H groups in total. The van der Waals surface area contributed by atoms with Crippen LogP contribution in [-0.4, -0.2) is 11.4 Å². The molecule has 2 rings (SSSR count). The van der Waals surface area contributed by atoms with Crippen molar-refractivity contribution < 1.29 is 4.79 Å². The van der Waals surface area contributed by atoms with Crippen LogP contribution in [-0.2, 0) is 6.42 Å². The lowest BCUT2D eigenvalue weighted by molar-refractivity contribution is 0.0922. The molecule has 0 heterocycles. The third-order valence-corrected chi connectivity index (χ3v) is 4.50. The van der Waals surface area contributed by atoms with Crippen LogP contribution in [0.5, 0.6) is 0 Å². The number of carbonyl (C=O) groups is 1. The number of aryl methyl sites for hydroxylation is 1. The normalized spacial score (nSPS) is 20.2. The van der Waals surface area contributed by atoms with Crippen molar-refractivity contribution in [3.05, 3.63) is 59.2 Å². The summed E-state index contributed by atoms with van der Waals surface area (Å²) >= 11 is 0. The maximum Gasteiger partial charge on any atom is 0.251 e. The standard InChI is InChI=1S/C21H29NO/c1-4-5-6-7-8-18-9-11-19(12-10-18)20(23)22-21(3)15-13-17(2)14-16-21/h9-15H,4-8,16H2,1-3H3,(H,22,23). The molecule has 0 spiro atoms. The van der Waals surface area contributed by atoms with Gasteiger partial charge in [0.25, 0.3) is 5.91 Å². The van der Waals surface area contributed by atoms with Crippen LogP contribution in [0, 0.1) is 0 Å². The first-order chi connectivity index (χ1) is 11.0. The molecule has 124 valence electrons. The second-order valence-electron chi connectivity index (χ2n) is 6.86. The van der Waals surface area contributed by atoms with Gasteiger partial charge in [-0.15, -0.1) is 0 Å². The van der Waals surface area contributed by atoms with Gasteiger partial charge in [0.2, 0.25) is 0 Å². The van der Waals surface area contributed by atoms with Crippen LogP contribution in [0.25, 0.3) is 0 Å². The van der Waals surface area contributed by atoms with E-state index in [0.29, 0.717) is 0 Å². The Morgan fingerprint density at radius 3 is 2.52 bits per heavy atom. The van der Waals surface area contributed by atoms with Crippen molar-refractivity contribution in [2.45, 2.75) is 64.8 Å². The molecule has 2 nitrogen and oxygen atoms in total. The quantitative estimate of drug-likeness (QED) is 0.689. The summed E-state index contributed by atoms with van der Waals surface area (Å²) < 4.78 is 0. The number of benzene rings is 1. The molecule has 1 aliphatic rings. The first-order valence-corrected chi connectivity index (χ1v) is 8.80. The predicted octanol–water partition coefficient (Wildman–Crippen LogP) is 5.20. The summed E-state index contributed by atoms with van der Waals surface area (Å²) in [6, 6.07) is 8.07. The molecule has 0 radical (unpaired) electrons. The minimum absolute atomic E-state index is 0.00244. The van der Waals surface area contributed by atoms with Gasteiger partial charge in [0.05, 0.1) is 5.54 Å². The Bertz CT molecular complexity index is 582. The third kappa shape index (κ3) is 5.38. The Balaban J connectivity index is 1.89. The van der Waals surface area contributed by atoms with E-state index in [-0.39, 0.29) is 11.4 Å². The van der Waals surface area contributed by atoms with Crippen LogP contribution in [0.3, 0.4) is 0 Å². The van der Waals surface area contributed by atoms with Gasteiger partial charge in [-0.1, -0.05) is 62.1 Å². The highest BCUT2D eigenvalue weighted by molar-refractivity contribution is 5.94. The zero-order valence-electron chi connectivity index (χ0n) is 14.7. The SMILES string of the molecule is CCCCCCc1ccc(C(=O)NC2(C)C=CC(C)=CC2)cc1. The van der Waals surface area contributed by atoms with Crippen molar-refractivity contribution >= 4 is 5.91 Å². The molecule has 1 aromatic carbocycles. The zero-order valence-corrected chi connectivity index (χ0v) is 14.7. The van der Waals surface area contributed by atoms with Gasteiger partial charge in [0.1, 0.15) is 0 Å². The monoisotopic (exact) mass is 311 g/mol. The molecule has 1 amide bonds. The van der Waals surface area contributed by atoms with E-state index in [2.05, 4.69) is 56.4 Å². The van der Waals surface area contributed by atoms with E-state index in [4.69, 9.17) is 0 Å². The first-order valence-electron chi connectivity index (χ1n) is 8.80. The molecule has 23 heavy (non-hydrogen) atoms. The van der Waals surface area contributed by atoms with Gasteiger partial charge in [-0.25, -0.2) is 0 Å². The number of carbonyl (C=O) groups excluding carboxylic acids is 1. The van der Waals surface area contributed by atoms with E-state index in [1.165, 1.54) is 36.8 Å². The summed E-state index contributed by atoms with van der Waals surface area (Å²) in [6.45, 7) is 6.37. The molecule has 0 fully saturated rings. The van der Waals surface area contributed by atoms with Gasteiger partial charge in [-0.3, -0.25) is 4.79 Å². The minimum Gasteiger partial charge on any atom is -0.343 e. The molecule has 2 heteroatoms. The molecule has 1 unspecified atom stereocenters. The van der Waals surface area contributed by atoms with Gasteiger partial charge >= 0.3 is 0 Å². The molecule has 1 aromatic rings. The number of amides is 1. The fourth-order valence-corrected chi connectivity index (χ4v) is 2.83. The summed E-state index contributed by atoms with van der Waals surface area (Å²) in [5.74, 6) is 0.00244. The average molecular weight is 311 g/mol. The number of unbranched alkanes of at least 4 members (excludes halogenated alkanes) is 3. The molecule has 0 aliphatic heterocycles. The molecule has 0 aromatic heterocycles. The average Bonchev–Trinajstić information content (AvgIpc) is 2.55. The maximum atomic E-state index is 12.4. The lowest BCUT2D eigenvalue weighted by Crippen LogP contribution is -2.44. The summed E-state index contributed by atoms with van der Waals surface area (Å²) in [7, 11) is 0. The smallest absolute Gasteiger partial charge is 0.251 e. The van der Waals surface area contributed by atoms with Crippen molar-refractivity contribution in [3.63, 3.8) is 0 Å². The van der Waals surface area contributed by atoms with Crippen LogP contribution in [0.1, 0.15) is 68.8 Å². The number of hydrogen-bond donors (Lipinski definition) is 1. The molecular formula is C21H29NO. The summed E-state index contributed by atoms with van der Waals surface area (Å²) in [5, 5.41) is 3.14. The zero-order chi connectivity index (χ0) is 16.7. The van der Waals surface area contributed by atoms with Gasteiger partial charge < -0.3 is 5.32 Å². The van der Waals surface area contributed by atoms with E-state index in [9.17, 15) is 4.79 Å². The Morgan fingerprint density at radius 1 is 1.17 bits per heavy atom. The molecule has 0 saturated carbocycles. The Hall–Kier alpha value is -1.83. The predicted molar refractivity (Wildman–Crippen MR) is 97.7 cm³/mol. The van der Waals surface area contributed by atoms with Crippen LogP contribution < -0.4 is 5.32 Å². The summed E-state index contributed by atoms with van der Waals surface area (Å²) in [4.78, 5) is 12.4. The van der Waals surface area contributed by atoms with Crippen molar-refractivity contribution in [2.24, 2.45) is 0 Å². The van der Waals surface area contributed by atoms with Crippen LogP contribution in [0.2, 0.25) is 0 Å². The van der Waals surface area contributed by atoms with Crippen molar-refractivity contribution in [1.82, 2.24) is 5.32 Å². The second kappa shape index (κ2) is 8.14. The highest BCUT2D eigenvalue weighted by atomic mass is 16.1. The Morgan fingerprint density at radius 2 is 1.91 bits per heavy atom. The summed E-state index contributed by atoms with van der Waals surface area (Å²) in [6.07, 6.45) is 13.4. The molecule has 0 bridgehead atoms. The van der Waals surface area contributed by atoms with Crippen LogP contribution in [0.4, 0.5) is 0 Å². The minimum atomic E-state index is -0.282. The third-order valence-electron chi connectivity index (χ3n) is 4.50. The van der Waals surface area contributed by atoms with E-state index in [0.717, 1.165) is 18.4 Å². The van der Waals surface area contributed by atoms with Crippen molar-refractivity contribution in [3.8, 4) is 0 Å². The summed E-state index contributed by atoms with van der Waals surface area (Å²) in [5.41, 5.74) is 3.03. The topological polar surface area (TPSA) is 29.1 Å². The van der Waals surface area contributed by atoms with Crippen LogP contribution >= 0.6 is 0 Å². The van der Waals surface area contributed by atoms with Gasteiger partial charge in [-0.05, 0) is 50.8 Å². The second-order valence-corrected chi connectivity index (χ2v) is 6.86. The lowest BCUT2D eigenvalue weighted by atomic mass is 9.90. The molecule has 1 aliphatic carbocycles. The highest BCUT2D eigenvalue weighted by Gasteiger charge is 2.24. The van der Waals surface area contributed by atoms with E-state index in [1.54, 1.807) is 0 Å².